The van der Waals surface area contributed by atoms with E-state index in [1.165, 1.54) is 31.2 Å². The van der Waals surface area contributed by atoms with Gasteiger partial charge in [0.1, 0.15) is 0 Å². The van der Waals surface area contributed by atoms with Crippen LogP contribution in [-0.4, -0.2) is 23.8 Å². The SMILES string of the molecule is OCC(Cc1ccccc1)NC1CCCC2CC21. The third kappa shape index (κ3) is 2.76. The van der Waals surface area contributed by atoms with E-state index in [1.54, 1.807) is 0 Å². The minimum absolute atomic E-state index is 0.219. The van der Waals surface area contributed by atoms with E-state index in [1.807, 2.05) is 6.07 Å². The van der Waals surface area contributed by atoms with E-state index in [-0.39, 0.29) is 12.6 Å². The summed E-state index contributed by atoms with van der Waals surface area (Å²) in [4.78, 5) is 0. The van der Waals surface area contributed by atoms with Crippen molar-refractivity contribution in [2.45, 2.75) is 44.2 Å². The molecular formula is C16H23NO. The van der Waals surface area contributed by atoms with Gasteiger partial charge in [0.2, 0.25) is 0 Å². The van der Waals surface area contributed by atoms with Gasteiger partial charge in [0.15, 0.2) is 0 Å². The van der Waals surface area contributed by atoms with Gasteiger partial charge < -0.3 is 10.4 Å². The van der Waals surface area contributed by atoms with Crippen LogP contribution < -0.4 is 5.32 Å². The summed E-state index contributed by atoms with van der Waals surface area (Å²) in [5.74, 6) is 1.90. The smallest absolute Gasteiger partial charge is 0.0587 e. The summed E-state index contributed by atoms with van der Waals surface area (Å²) in [6.45, 7) is 0.239. The topological polar surface area (TPSA) is 32.3 Å². The minimum atomic E-state index is 0.219. The van der Waals surface area contributed by atoms with Gasteiger partial charge in [-0.15, -0.1) is 0 Å². The molecule has 3 rings (SSSR count). The zero-order chi connectivity index (χ0) is 12.4. The van der Waals surface area contributed by atoms with Crippen LogP contribution in [0.4, 0.5) is 0 Å². The molecule has 0 bridgehead atoms. The van der Waals surface area contributed by atoms with Crippen molar-refractivity contribution in [2.75, 3.05) is 6.61 Å². The van der Waals surface area contributed by atoms with E-state index >= 15 is 0 Å². The first-order valence-corrected chi connectivity index (χ1v) is 7.27. The first kappa shape index (κ1) is 12.2. The number of hydrogen-bond acceptors (Lipinski definition) is 2. The average molecular weight is 245 g/mol. The van der Waals surface area contributed by atoms with E-state index < -0.39 is 0 Å². The molecule has 2 heteroatoms. The number of fused-ring (bicyclic) bond motifs is 1. The predicted molar refractivity (Wildman–Crippen MR) is 73.4 cm³/mol. The van der Waals surface area contributed by atoms with E-state index in [0.29, 0.717) is 6.04 Å². The van der Waals surface area contributed by atoms with E-state index in [0.717, 1.165) is 18.3 Å². The molecule has 0 heterocycles. The molecule has 0 amide bonds. The molecule has 0 spiro atoms. The molecule has 18 heavy (non-hydrogen) atoms. The maximum Gasteiger partial charge on any atom is 0.0587 e. The standard InChI is InChI=1S/C16H23NO/c18-11-14(9-12-5-2-1-3-6-12)17-16-8-4-7-13-10-15(13)16/h1-3,5-6,13-18H,4,7-11H2. The summed E-state index contributed by atoms with van der Waals surface area (Å²) in [7, 11) is 0. The van der Waals surface area contributed by atoms with Crippen LogP contribution in [0.25, 0.3) is 0 Å². The molecule has 2 fully saturated rings. The van der Waals surface area contributed by atoms with Gasteiger partial charge in [0.05, 0.1) is 6.61 Å². The lowest BCUT2D eigenvalue weighted by Crippen LogP contribution is -2.44. The molecule has 4 unspecified atom stereocenters. The summed E-state index contributed by atoms with van der Waals surface area (Å²) < 4.78 is 0. The maximum absolute atomic E-state index is 9.56. The molecule has 2 aliphatic carbocycles. The molecule has 98 valence electrons. The van der Waals surface area contributed by atoms with Crippen LogP contribution in [0.3, 0.4) is 0 Å². The Bertz CT molecular complexity index is 378. The average Bonchev–Trinajstić information content (AvgIpc) is 3.19. The largest absolute Gasteiger partial charge is 0.395 e. The molecule has 2 saturated carbocycles. The molecule has 1 aromatic rings. The lowest BCUT2D eigenvalue weighted by atomic mass is 9.94. The minimum Gasteiger partial charge on any atom is -0.395 e. The van der Waals surface area contributed by atoms with Gasteiger partial charge in [0, 0.05) is 12.1 Å². The lowest BCUT2D eigenvalue weighted by Gasteiger charge is -2.27. The Morgan fingerprint density at radius 2 is 2.06 bits per heavy atom. The summed E-state index contributed by atoms with van der Waals surface area (Å²) in [5, 5.41) is 13.3. The number of rotatable bonds is 5. The molecule has 2 aliphatic rings. The van der Waals surface area contributed by atoms with Gasteiger partial charge in [-0.1, -0.05) is 43.2 Å². The second-order valence-electron chi connectivity index (χ2n) is 5.93. The van der Waals surface area contributed by atoms with Crippen molar-refractivity contribution in [3.63, 3.8) is 0 Å². The Kier molecular flexibility index (Phi) is 3.67. The third-order valence-electron chi connectivity index (χ3n) is 4.58. The zero-order valence-electron chi connectivity index (χ0n) is 10.9. The van der Waals surface area contributed by atoms with Crippen molar-refractivity contribution >= 4 is 0 Å². The van der Waals surface area contributed by atoms with Crippen molar-refractivity contribution in [1.82, 2.24) is 5.32 Å². The van der Waals surface area contributed by atoms with Crippen LogP contribution >= 0.6 is 0 Å². The number of nitrogens with one attached hydrogen (secondary N) is 1. The van der Waals surface area contributed by atoms with Gasteiger partial charge in [-0.2, -0.15) is 0 Å². The summed E-state index contributed by atoms with van der Waals surface area (Å²) in [6.07, 6.45) is 6.45. The van der Waals surface area contributed by atoms with E-state index in [2.05, 4.69) is 29.6 Å². The molecule has 0 radical (unpaired) electrons. The van der Waals surface area contributed by atoms with Gasteiger partial charge in [-0.3, -0.25) is 0 Å². The Hall–Kier alpha value is -0.860. The van der Waals surface area contributed by atoms with Gasteiger partial charge in [-0.05, 0) is 36.7 Å². The van der Waals surface area contributed by atoms with E-state index in [9.17, 15) is 5.11 Å². The number of aliphatic hydroxyl groups excluding tert-OH is 1. The summed E-state index contributed by atoms with van der Waals surface area (Å²) >= 11 is 0. The summed E-state index contributed by atoms with van der Waals surface area (Å²) in [5.41, 5.74) is 1.31. The lowest BCUT2D eigenvalue weighted by molar-refractivity contribution is 0.213. The highest BCUT2D eigenvalue weighted by Gasteiger charge is 2.45. The molecular weight excluding hydrogens is 222 g/mol. The first-order valence-electron chi connectivity index (χ1n) is 7.27. The number of benzene rings is 1. The highest BCUT2D eigenvalue weighted by molar-refractivity contribution is 5.16. The van der Waals surface area contributed by atoms with Crippen LogP contribution in [0.15, 0.2) is 30.3 Å². The number of hydrogen-bond donors (Lipinski definition) is 2. The molecule has 2 nitrogen and oxygen atoms in total. The molecule has 1 aromatic carbocycles. The molecule has 4 atom stereocenters. The highest BCUT2D eigenvalue weighted by atomic mass is 16.3. The van der Waals surface area contributed by atoms with Gasteiger partial charge >= 0.3 is 0 Å². The molecule has 0 saturated heterocycles. The van der Waals surface area contributed by atoms with Crippen LogP contribution in [0.5, 0.6) is 0 Å². The van der Waals surface area contributed by atoms with Crippen molar-refractivity contribution in [1.29, 1.82) is 0 Å². The monoisotopic (exact) mass is 245 g/mol. The van der Waals surface area contributed by atoms with Crippen LogP contribution in [0.2, 0.25) is 0 Å². The van der Waals surface area contributed by atoms with Gasteiger partial charge in [0.25, 0.3) is 0 Å². The van der Waals surface area contributed by atoms with Crippen LogP contribution in [-0.2, 0) is 6.42 Å². The molecule has 2 N–H and O–H groups in total. The van der Waals surface area contributed by atoms with Crippen LogP contribution in [0, 0.1) is 11.8 Å². The normalized spacial score (nSPS) is 31.7. The number of aliphatic hydroxyl groups is 1. The quantitative estimate of drug-likeness (QED) is 0.834. The fourth-order valence-corrected chi connectivity index (χ4v) is 3.49. The Morgan fingerprint density at radius 3 is 2.83 bits per heavy atom. The first-order chi connectivity index (χ1) is 8.86. The Balaban J connectivity index is 1.56. The van der Waals surface area contributed by atoms with Crippen molar-refractivity contribution in [3.05, 3.63) is 35.9 Å². The maximum atomic E-state index is 9.56. The second kappa shape index (κ2) is 5.41. The summed E-state index contributed by atoms with van der Waals surface area (Å²) in [6, 6.07) is 11.3. The Labute approximate surface area is 109 Å². The fraction of sp³-hybridized carbons (Fsp3) is 0.625. The Morgan fingerprint density at radius 1 is 1.22 bits per heavy atom. The molecule has 0 aliphatic heterocycles. The van der Waals surface area contributed by atoms with E-state index in [4.69, 9.17) is 0 Å². The zero-order valence-corrected chi connectivity index (χ0v) is 10.9. The molecule has 0 aromatic heterocycles. The fourth-order valence-electron chi connectivity index (χ4n) is 3.49. The van der Waals surface area contributed by atoms with Crippen molar-refractivity contribution in [3.8, 4) is 0 Å². The second-order valence-corrected chi connectivity index (χ2v) is 5.93. The predicted octanol–water partition coefficient (Wildman–Crippen LogP) is 2.37. The van der Waals surface area contributed by atoms with Crippen LogP contribution in [0.1, 0.15) is 31.2 Å². The van der Waals surface area contributed by atoms with Crippen molar-refractivity contribution < 1.29 is 5.11 Å². The van der Waals surface area contributed by atoms with Gasteiger partial charge in [-0.25, -0.2) is 0 Å². The third-order valence-corrected chi connectivity index (χ3v) is 4.58. The van der Waals surface area contributed by atoms with Crippen molar-refractivity contribution in [2.24, 2.45) is 11.8 Å². The highest BCUT2D eigenvalue weighted by Crippen LogP contribution is 2.49.